The summed E-state index contributed by atoms with van der Waals surface area (Å²) < 4.78 is 33.3. The number of nitrogen functional groups attached to an aromatic ring is 1. The number of aromatic nitrogens is 2. The van der Waals surface area contributed by atoms with Crippen LogP contribution in [0.25, 0.3) is 11.1 Å². The molecule has 38 heavy (non-hydrogen) atoms. The second-order valence-electron chi connectivity index (χ2n) is 11.6. The fourth-order valence-electron chi connectivity index (χ4n) is 3.17. The Labute approximate surface area is 224 Å². The summed E-state index contributed by atoms with van der Waals surface area (Å²) in [5.41, 5.74) is 6.11. The number of hydrogen-bond acceptors (Lipinski definition) is 7. The maximum atomic E-state index is 15.0. The van der Waals surface area contributed by atoms with Crippen LogP contribution >= 0.6 is 0 Å². The minimum atomic E-state index is -2.35. The highest BCUT2D eigenvalue weighted by Gasteiger charge is 2.41. The summed E-state index contributed by atoms with van der Waals surface area (Å²) in [4.78, 5) is 23.5. The second-order valence-corrected chi connectivity index (χ2v) is 16.4. The molecule has 12 heteroatoms. The average Bonchev–Trinajstić information content (AvgIpc) is 3.12. The highest BCUT2D eigenvalue weighted by Crippen LogP contribution is 2.37. The molecule has 0 spiro atoms. The first-order chi connectivity index (χ1) is 17.4. The van der Waals surface area contributed by atoms with E-state index in [1.54, 1.807) is 37.7 Å². The van der Waals surface area contributed by atoms with E-state index < -0.39 is 37.9 Å². The largest absolute Gasteiger partial charge is 0.490 e. The minimum absolute atomic E-state index is 0.159. The van der Waals surface area contributed by atoms with Gasteiger partial charge < -0.3 is 30.1 Å². The fraction of sp³-hybridized carbons (Fsp3) is 0.577. The van der Waals surface area contributed by atoms with E-state index in [1.807, 2.05) is 33.9 Å². The molecular formula is C26H41FN4O6Si. The maximum absolute atomic E-state index is 15.0. The summed E-state index contributed by atoms with van der Waals surface area (Å²) >= 11 is 0. The molecule has 1 heterocycles. The molecule has 0 bridgehead atoms. The first-order valence-electron chi connectivity index (χ1n) is 12.5. The van der Waals surface area contributed by atoms with E-state index in [4.69, 9.17) is 19.6 Å². The predicted molar refractivity (Wildman–Crippen MR) is 146 cm³/mol. The molecule has 212 valence electrons. The molecule has 2 aromatic rings. The zero-order valence-corrected chi connectivity index (χ0v) is 24.6. The lowest BCUT2D eigenvalue weighted by Gasteiger charge is -2.38. The number of nitrogens with two attached hydrogens (primary N) is 1. The van der Waals surface area contributed by atoms with E-state index in [0.717, 1.165) is 0 Å². The van der Waals surface area contributed by atoms with Gasteiger partial charge in [-0.3, -0.25) is 4.68 Å². The Morgan fingerprint density at radius 3 is 2.39 bits per heavy atom. The summed E-state index contributed by atoms with van der Waals surface area (Å²) in [5.74, 6) is -1.38. The Kier molecular flexibility index (Phi) is 9.95. The number of amides is 1. The standard InChI is InChI=1S/C26H41FN4O6Si/c1-25(2,3)36-24(34)29-12-9-13-31-15-19(22(28)30-31)18-11-10-17(14-20(18)27)35-16-21(23(32)33)37-38(7,8)26(4,5)6/h10-11,14-15,21H,9,12-13,16H2,1-8H3,(H2,28,30)(H,29,34)(H,32,33). The number of halogens is 1. The van der Waals surface area contributed by atoms with Gasteiger partial charge in [-0.1, -0.05) is 20.8 Å². The van der Waals surface area contributed by atoms with E-state index in [2.05, 4.69) is 10.4 Å². The van der Waals surface area contributed by atoms with Crippen molar-refractivity contribution in [1.82, 2.24) is 15.1 Å². The number of nitrogens with zero attached hydrogens (tertiary/aromatic N) is 2. The number of carbonyl (C=O) groups excluding carboxylic acids is 1. The van der Waals surface area contributed by atoms with Crippen LogP contribution < -0.4 is 15.8 Å². The third kappa shape index (κ3) is 9.01. The summed E-state index contributed by atoms with van der Waals surface area (Å²) in [6, 6.07) is 4.24. The van der Waals surface area contributed by atoms with Gasteiger partial charge >= 0.3 is 12.1 Å². The van der Waals surface area contributed by atoms with Crippen molar-refractivity contribution >= 4 is 26.2 Å². The third-order valence-corrected chi connectivity index (χ3v) is 10.7. The van der Waals surface area contributed by atoms with E-state index in [0.29, 0.717) is 25.1 Å². The SMILES string of the molecule is CC(C)(C)OC(=O)NCCCn1cc(-c2ccc(OCC(O[Si](C)(C)C(C)(C)C)C(=O)O)cc2F)c(N)n1. The monoisotopic (exact) mass is 552 g/mol. The molecule has 1 aromatic heterocycles. The zero-order valence-electron chi connectivity index (χ0n) is 23.6. The van der Waals surface area contributed by atoms with Gasteiger partial charge in [0.2, 0.25) is 0 Å². The van der Waals surface area contributed by atoms with Gasteiger partial charge in [-0.15, -0.1) is 0 Å². The number of alkyl carbamates (subject to hydrolysis) is 1. The van der Waals surface area contributed by atoms with Crippen molar-refractivity contribution in [2.45, 2.75) is 84.3 Å². The van der Waals surface area contributed by atoms with Crippen LogP contribution in [-0.2, 0) is 20.5 Å². The number of rotatable bonds is 11. The molecular weight excluding hydrogens is 511 g/mol. The quantitative estimate of drug-likeness (QED) is 0.260. The highest BCUT2D eigenvalue weighted by atomic mass is 28.4. The number of anilines is 1. The van der Waals surface area contributed by atoms with Crippen LogP contribution in [0.15, 0.2) is 24.4 Å². The molecule has 1 amide bonds. The Morgan fingerprint density at radius 1 is 1.18 bits per heavy atom. The van der Waals surface area contributed by atoms with Gasteiger partial charge in [-0.2, -0.15) is 5.10 Å². The van der Waals surface area contributed by atoms with Gasteiger partial charge in [0.15, 0.2) is 20.2 Å². The molecule has 4 N–H and O–H groups in total. The third-order valence-electron chi connectivity index (χ3n) is 6.17. The number of nitrogens with one attached hydrogen (secondary N) is 1. The Hall–Kier alpha value is -3.12. The van der Waals surface area contributed by atoms with Crippen molar-refractivity contribution in [2.75, 3.05) is 18.9 Å². The lowest BCUT2D eigenvalue weighted by molar-refractivity contribution is -0.147. The smallest absolute Gasteiger partial charge is 0.407 e. The zero-order chi connectivity index (χ0) is 28.9. The Balaban J connectivity index is 2.00. The molecule has 1 unspecified atom stereocenters. The van der Waals surface area contributed by atoms with Gasteiger partial charge in [0.05, 0.1) is 0 Å². The molecule has 0 aliphatic rings. The maximum Gasteiger partial charge on any atom is 0.407 e. The molecule has 2 rings (SSSR count). The number of aryl methyl sites for hydroxylation is 1. The van der Waals surface area contributed by atoms with Crippen LogP contribution in [0.1, 0.15) is 48.0 Å². The first-order valence-corrected chi connectivity index (χ1v) is 15.4. The number of benzene rings is 1. The van der Waals surface area contributed by atoms with Crippen molar-refractivity contribution < 1.29 is 33.0 Å². The Bertz CT molecular complexity index is 1120. The summed E-state index contributed by atoms with van der Waals surface area (Å²) in [6.07, 6.45) is 0.535. The van der Waals surface area contributed by atoms with Crippen molar-refractivity contribution in [3.05, 3.63) is 30.2 Å². The van der Waals surface area contributed by atoms with E-state index in [9.17, 15) is 19.1 Å². The molecule has 0 aliphatic carbocycles. The van der Waals surface area contributed by atoms with Crippen LogP contribution in [0, 0.1) is 5.82 Å². The van der Waals surface area contributed by atoms with E-state index >= 15 is 0 Å². The van der Waals surface area contributed by atoms with E-state index in [-0.39, 0.29) is 28.8 Å². The molecule has 0 radical (unpaired) electrons. The lowest BCUT2D eigenvalue weighted by Crippen LogP contribution is -2.47. The van der Waals surface area contributed by atoms with Gasteiger partial charge in [0.1, 0.15) is 23.8 Å². The van der Waals surface area contributed by atoms with Crippen LogP contribution in [-0.4, -0.2) is 60.1 Å². The number of ether oxygens (including phenoxy) is 2. The normalized spacial score (nSPS) is 13.2. The van der Waals surface area contributed by atoms with Crippen molar-refractivity contribution in [3.63, 3.8) is 0 Å². The number of carboxylic acid groups (broad SMARTS) is 1. The Morgan fingerprint density at radius 2 is 1.84 bits per heavy atom. The summed E-state index contributed by atoms with van der Waals surface area (Å²) in [5, 5.41) is 16.3. The molecule has 0 fully saturated rings. The van der Waals surface area contributed by atoms with Gasteiger partial charge in [0.25, 0.3) is 0 Å². The van der Waals surface area contributed by atoms with Crippen molar-refractivity contribution in [3.8, 4) is 16.9 Å². The lowest BCUT2D eigenvalue weighted by atomic mass is 10.1. The molecule has 1 atom stereocenters. The van der Waals surface area contributed by atoms with Crippen LogP contribution in [0.5, 0.6) is 5.75 Å². The first kappa shape index (κ1) is 31.1. The molecule has 0 saturated heterocycles. The van der Waals surface area contributed by atoms with Gasteiger partial charge in [0, 0.05) is 36.5 Å². The minimum Gasteiger partial charge on any atom is -0.490 e. The number of carbonyl (C=O) groups is 2. The molecule has 1 aromatic carbocycles. The molecule has 10 nitrogen and oxygen atoms in total. The summed E-state index contributed by atoms with van der Waals surface area (Å²) in [7, 11) is -2.35. The summed E-state index contributed by atoms with van der Waals surface area (Å²) in [6.45, 7) is 15.9. The topological polar surface area (TPSA) is 138 Å². The number of hydrogen-bond donors (Lipinski definition) is 3. The molecule has 0 aliphatic heterocycles. The number of carboxylic acids is 1. The van der Waals surface area contributed by atoms with Gasteiger partial charge in [-0.25, -0.2) is 14.0 Å². The fourth-order valence-corrected chi connectivity index (χ4v) is 4.40. The van der Waals surface area contributed by atoms with Gasteiger partial charge in [-0.05, 0) is 57.5 Å². The average molecular weight is 553 g/mol. The van der Waals surface area contributed by atoms with Crippen LogP contribution in [0.4, 0.5) is 15.0 Å². The molecule has 0 saturated carbocycles. The predicted octanol–water partition coefficient (Wildman–Crippen LogP) is 5.04. The second kappa shape index (κ2) is 12.2. The van der Waals surface area contributed by atoms with Crippen molar-refractivity contribution in [1.29, 1.82) is 0 Å². The highest BCUT2D eigenvalue weighted by molar-refractivity contribution is 6.74. The van der Waals surface area contributed by atoms with Crippen LogP contribution in [0.2, 0.25) is 18.1 Å². The van der Waals surface area contributed by atoms with E-state index in [1.165, 1.54) is 12.1 Å². The number of aliphatic carboxylic acids is 1. The van der Waals surface area contributed by atoms with Crippen LogP contribution in [0.3, 0.4) is 0 Å². The van der Waals surface area contributed by atoms with Crippen molar-refractivity contribution in [2.24, 2.45) is 0 Å².